The van der Waals surface area contributed by atoms with E-state index in [1.165, 1.54) is 31.3 Å². The molecule has 2 nitrogen and oxygen atoms in total. The molecule has 4 saturated carbocycles. The van der Waals surface area contributed by atoms with Crippen LogP contribution in [-0.2, 0) is 9.59 Å². The second kappa shape index (κ2) is 5.08. The van der Waals surface area contributed by atoms with E-state index in [1.807, 2.05) is 6.08 Å². The zero-order valence-corrected chi connectivity index (χ0v) is 15.9. The highest BCUT2D eigenvalue weighted by Gasteiger charge is 2.66. The zero-order chi connectivity index (χ0) is 17.4. The van der Waals surface area contributed by atoms with Crippen LogP contribution in [0.3, 0.4) is 0 Å². The predicted molar refractivity (Wildman–Crippen MR) is 98.0 cm³/mol. The van der Waals surface area contributed by atoms with Crippen LogP contribution >= 0.6 is 0 Å². The van der Waals surface area contributed by atoms with Gasteiger partial charge in [-0.1, -0.05) is 19.4 Å². The maximum Gasteiger partial charge on any atom is 0.155 e. The Bertz CT molecular complexity index is 676. The fourth-order valence-corrected chi connectivity index (χ4v) is 8.49. The molecule has 5 rings (SSSR count). The summed E-state index contributed by atoms with van der Waals surface area (Å²) in [7, 11) is 0. The van der Waals surface area contributed by atoms with Crippen LogP contribution in [0.5, 0.6) is 0 Å². The highest BCUT2D eigenvalue weighted by molar-refractivity contribution is 5.91. The van der Waals surface area contributed by atoms with E-state index in [0.29, 0.717) is 11.6 Å². The van der Waals surface area contributed by atoms with E-state index < -0.39 is 0 Å². The molecule has 0 aromatic heterocycles. The Kier molecular flexibility index (Phi) is 3.30. The molecule has 5 aliphatic carbocycles. The molecule has 4 fully saturated rings. The summed E-state index contributed by atoms with van der Waals surface area (Å²) in [6.07, 6.45) is 14.3. The second-order valence-electron chi connectivity index (χ2n) is 10.3. The number of carbonyl (C=O) groups is 2. The lowest BCUT2D eigenvalue weighted by molar-refractivity contribution is -0.139. The van der Waals surface area contributed by atoms with E-state index in [-0.39, 0.29) is 16.2 Å². The third-order valence-electron chi connectivity index (χ3n) is 9.87. The van der Waals surface area contributed by atoms with Crippen molar-refractivity contribution in [2.75, 3.05) is 0 Å². The van der Waals surface area contributed by atoms with Crippen LogP contribution < -0.4 is 0 Å². The number of rotatable bonds is 0. The van der Waals surface area contributed by atoms with Crippen molar-refractivity contribution in [3.63, 3.8) is 0 Å². The van der Waals surface area contributed by atoms with E-state index in [4.69, 9.17) is 0 Å². The van der Waals surface area contributed by atoms with Gasteiger partial charge in [0.2, 0.25) is 0 Å². The van der Waals surface area contributed by atoms with Gasteiger partial charge >= 0.3 is 0 Å². The summed E-state index contributed by atoms with van der Waals surface area (Å²) < 4.78 is 0. The van der Waals surface area contributed by atoms with E-state index >= 15 is 0 Å². The average molecular weight is 341 g/mol. The van der Waals surface area contributed by atoms with Gasteiger partial charge in [-0.3, -0.25) is 9.59 Å². The molecule has 0 amide bonds. The highest BCUT2D eigenvalue weighted by Crippen LogP contribution is 2.72. The van der Waals surface area contributed by atoms with Crippen LogP contribution in [0.25, 0.3) is 0 Å². The molecule has 5 unspecified atom stereocenters. The lowest BCUT2D eigenvalue weighted by Crippen LogP contribution is -2.53. The largest absolute Gasteiger partial charge is 0.299 e. The Morgan fingerprint density at radius 2 is 1.68 bits per heavy atom. The fraction of sp³-hybridized carbons (Fsp3) is 0.826. The number of hydrogen-bond acceptors (Lipinski definition) is 2. The summed E-state index contributed by atoms with van der Waals surface area (Å²) in [4.78, 5) is 24.8. The van der Waals surface area contributed by atoms with Gasteiger partial charge in [-0.2, -0.15) is 0 Å². The minimum atomic E-state index is 0.0299. The molecular weight excluding hydrogens is 308 g/mol. The van der Waals surface area contributed by atoms with Crippen LogP contribution in [-0.4, -0.2) is 11.6 Å². The molecule has 6 atom stereocenters. The molecule has 0 N–H and O–H groups in total. The van der Waals surface area contributed by atoms with Crippen LogP contribution in [0.1, 0.15) is 84.5 Å². The van der Waals surface area contributed by atoms with Crippen LogP contribution in [0.15, 0.2) is 11.6 Å². The van der Waals surface area contributed by atoms with Gasteiger partial charge in [0.05, 0.1) is 0 Å². The Balaban J connectivity index is 1.51. The molecule has 2 heteroatoms. The molecule has 0 saturated heterocycles. The molecule has 25 heavy (non-hydrogen) atoms. The maximum absolute atomic E-state index is 12.9. The average Bonchev–Trinajstić information content (AvgIpc) is 3.10. The van der Waals surface area contributed by atoms with Crippen molar-refractivity contribution >= 4 is 11.6 Å². The van der Waals surface area contributed by atoms with Gasteiger partial charge in [0.15, 0.2) is 5.78 Å². The van der Waals surface area contributed by atoms with Gasteiger partial charge < -0.3 is 0 Å². The number of carbonyl (C=O) groups excluding carboxylic acids is 2. The molecule has 136 valence electrons. The normalized spacial score (nSPS) is 51.9. The maximum atomic E-state index is 12.9. The standard InChI is InChI=1S/C23H32O2/c1-21-11-7-16(24)14-15(21)5-6-17-18(21)8-12-22(2)19(17)9-13-23(22)10-3-4-20(23)25/h14,17-19H,3-13H2,1-2H3/t17?,18-,19?,21?,22?,23?/m0/s1. The minimum absolute atomic E-state index is 0.0299. The van der Waals surface area contributed by atoms with Gasteiger partial charge in [0.25, 0.3) is 0 Å². The van der Waals surface area contributed by atoms with Crippen LogP contribution in [0, 0.1) is 34.0 Å². The van der Waals surface area contributed by atoms with Gasteiger partial charge in [0.1, 0.15) is 5.78 Å². The highest BCUT2D eigenvalue weighted by atomic mass is 16.1. The summed E-state index contributed by atoms with van der Waals surface area (Å²) in [6, 6.07) is 0. The topological polar surface area (TPSA) is 34.1 Å². The number of fused-ring (bicyclic) bond motifs is 6. The quantitative estimate of drug-likeness (QED) is 0.603. The smallest absolute Gasteiger partial charge is 0.155 e. The predicted octanol–water partition coefficient (Wildman–Crippen LogP) is 5.26. The molecule has 0 radical (unpaired) electrons. The number of hydrogen-bond donors (Lipinski definition) is 0. The van der Waals surface area contributed by atoms with Crippen LogP contribution in [0.2, 0.25) is 0 Å². The van der Waals surface area contributed by atoms with E-state index in [2.05, 4.69) is 13.8 Å². The molecule has 0 heterocycles. The summed E-state index contributed by atoms with van der Waals surface area (Å²) in [5.41, 5.74) is 2.00. The second-order valence-corrected chi connectivity index (χ2v) is 10.3. The lowest BCUT2D eigenvalue weighted by Gasteiger charge is -2.59. The number of Topliss-reactive ketones (excluding diaryl/α,β-unsaturated/α-hetero) is 1. The molecule has 0 aromatic carbocycles. The summed E-state index contributed by atoms with van der Waals surface area (Å²) in [6.45, 7) is 4.94. The third-order valence-corrected chi connectivity index (χ3v) is 9.87. The molecule has 1 spiro atoms. The fourth-order valence-electron chi connectivity index (χ4n) is 8.49. The van der Waals surface area contributed by atoms with Crippen molar-refractivity contribution in [1.29, 1.82) is 0 Å². The van der Waals surface area contributed by atoms with E-state index in [1.54, 1.807) is 0 Å². The van der Waals surface area contributed by atoms with Gasteiger partial charge in [-0.15, -0.1) is 0 Å². The lowest BCUT2D eigenvalue weighted by atomic mass is 9.45. The Labute approximate surface area is 151 Å². The summed E-state index contributed by atoms with van der Waals surface area (Å²) >= 11 is 0. The zero-order valence-electron chi connectivity index (χ0n) is 15.9. The van der Waals surface area contributed by atoms with E-state index in [0.717, 1.165) is 62.7 Å². The van der Waals surface area contributed by atoms with Crippen molar-refractivity contribution in [3.05, 3.63) is 11.6 Å². The van der Waals surface area contributed by atoms with Crippen LogP contribution in [0.4, 0.5) is 0 Å². The summed E-state index contributed by atoms with van der Waals surface area (Å²) in [5, 5.41) is 0. The van der Waals surface area contributed by atoms with Crippen molar-refractivity contribution in [2.45, 2.75) is 84.5 Å². The molecule has 5 aliphatic rings. The summed E-state index contributed by atoms with van der Waals surface area (Å²) in [5.74, 6) is 3.21. The first-order chi connectivity index (χ1) is 11.9. The van der Waals surface area contributed by atoms with Crippen molar-refractivity contribution in [2.24, 2.45) is 34.0 Å². The van der Waals surface area contributed by atoms with Crippen molar-refractivity contribution in [1.82, 2.24) is 0 Å². The Morgan fingerprint density at radius 1 is 0.880 bits per heavy atom. The molecular formula is C23H32O2. The first-order valence-corrected chi connectivity index (χ1v) is 10.7. The molecule has 0 aromatic rings. The van der Waals surface area contributed by atoms with Gasteiger partial charge in [-0.05, 0) is 92.4 Å². The molecule has 0 bridgehead atoms. The first-order valence-electron chi connectivity index (χ1n) is 10.7. The third kappa shape index (κ3) is 1.87. The molecule has 0 aliphatic heterocycles. The first kappa shape index (κ1) is 16.3. The van der Waals surface area contributed by atoms with E-state index in [9.17, 15) is 9.59 Å². The Morgan fingerprint density at radius 3 is 2.44 bits per heavy atom. The SMILES string of the molecule is CC12CCC(=O)C=C1CCC1C3CCC4(CCCC4=O)C3(C)CC[C@@H]12. The van der Waals surface area contributed by atoms with Crippen molar-refractivity contribution < 1.29 is 9.59 Å². The monoisotopic (exact) mass is 340 g/mol. The minimum Gasteiger partial charge on any atom is -0.299 e. The van der Waals surface area contributed by atoms with Gasteiger partial charge in [-0.25, -0.2) is 0 Å². The number of ketones is 2. The van der Waals surface area contributed by atoms with Gasteiger partial charge in [0, 0.05) is 18.3 Å². The number of allylic oxidation sites excluding steroid dienone is 1. The van der Waals surface area contributed by atoms with Crippen molar-refractivity contribution in [3.8, 4) is 0 Å². The Hall–Kier alpha value is -0.920.